The van der Waals surface area contributed by atoms with Crippen molar-refractivity contribution in [1.29, 1.82) is 0 Å². The zero-order valence-electron chi connectivity index (χ0n) is 10.0. The molecule has 0 amide bonds. The lowest BCUT2D eigenvalue weighted by Crippen LogP contribution is -2.25. The lowest BCUT2D eigenvalue weighted by atomic mass is 9.96. The SMILES string of the molecule is CC(C)(OC(=O)O)c1ccc([N+](=O)[O-])cc1[N+](=O)[O-]. The summed E-state index contributed by atoms with van der Waals surface area (Å²) >= 11 is 0. The van der Waals surface area contributed by atoms with Crippen molar-refractivity contribution < 1.29 is 24.5 Å². The lowest BCUT2D eigenvalue weighted by Gasteiger charge is -2.23. The van der Waals surface area contributed by atoms with Crippen LogP contribution in [0.5, 0.6) is 0 Å². The number of hydrogen-bond donors (Lipinski definition) is 1. The first kappa shape index (κ1) is 14.4. The summed E-state index contributed by atoms with van der Waals surface area (Å²) in [5.74, 6) is 0. The normalized spacial score (nSPS) is 10.8. The van der Waals surface area contributed by atoms with Gasteiger partial charge in [-0.3, -0.25) is 20.2 Å². The molecule has 0 saturated heterocycles. The number of non-ortho nitro benzene ring substituents is 1. The van der Waals surface area contributed by atoms with Crippen LogP contribution in [0.4, 0.5) is 16.2 Å². The van der Waals surface area contributed by atoms with Crippen molar-refractivity contribution in [2.75, 3.05) is 0 Å². The quantitative estimate of drug-likeness (QED) is 0.504. The molecule has 0 radical (unpaired) electrons. The average Bonchev–Trinajstić information content (AvgIpc) is 2.26. The maximum atomic E-state index is 10.9. The van der Waals surface area contributed by atoms with Gasteiger partial charge in [-0.1, -0.05) is 0 Å². The molecule has 102 valence electrons. The predicted octanol–water partition coefficient (Wildman–Crippen LogP) is 2.43. The molecule has 0 heterocycles. The molecule has 0 aliphatic rings. The molecule has 0 aromatic heterocycles. The van der Waals surface area contributed by atoms with E-state index in [0.717, 1.165) is 18.2 Å². The monoisotopic (exact) mass is 270 g/mol. The Balaban J connectivity index is 3.39. The molecule has 0 aliphatic carbocycles. The first-order valence-electron chi connectivity index (χ1n) is 5.00. The van der Waals surface area contributed by atoms with Gasteiger partial charge in [0.2, 0.25) is 0 Å². The van der Waals surface area contributed by atoms with Gasteiger partial charge in [0.15, 0.2) is 0 Å². The van der Waals surface area contributed by atoms with Crippen LogP contribution in [0.1, 0.15) is 19.4 Å². The van der Waals surface area contributed by atoms with Crippen LogP contribution in [0.15, 0.2) is 18.2 Å². The van der Waals surface area contributed by atoms with Gasteiger partial charge in [0.05, 0.1) is 21.5 Å². The van der Waals surface area contributed by atoms with E-state index in [1.165, 1.54) is 13.8 Å². The topological polar surface area (TPSA) is 133 Å². The number of carboxylic acid groups (broad SMARTS) is 1. The van der Waals surface area contributed by atoms with Crippen LogP contribution in [0.3, 0.4) is 0 Å². The van der Waals surface area contributed by atoms with E-state index in [2.05, 4.69) is 4.74 Å². The Kier molecular flexibility index (Phi) is 3.69. The van der Waals surface area contributed by atoms with Crippen molar-refractivity contribution in [1.82, 2.24) is 0 Å². The van der Waals surface area contributed by atoms with Gasteiger partial charge in [0.25, 0.3) is 11.4 Å². The molecule has 1 N–H and O–H groups in total. The molecule has 0 aliphatic heterocycles. The second kappa shape index (κ2) is 4.88. The van der Waals surface area contributed by atoms with Gasteiger partial charge < -0.3 is 9.84 Å². The number of rotatable bonds is 4. The Labute approximate surface area is 106 Å². The number of nitro groups is 2. The van der Waals surface area contributed by atoms with Crippen LogP contribution in [0.2, 0.25) is 0 Å². The van der Waals surface area contributed by atoms with Crippen molar-refractivity contribution in [3.05, 3.63) is 44.0 Å². The maximum absolute atomic E-state index is 10.9. The van der Waals surface area contributed by atoms with E-state index in [-0.39, 0.29) is 5.56 Å². The molecular formula is C10H10N2O7. The molecule has 1 rings (SSSR count). The number of carbonyl (C=O) groups is 1. The van der Waals surface area contributed by atoms with Gasteiger partial charge in [-0.15, -0.1) is 0 Å². The highest BCUT2D eigenvalue weighted by molar-refractivity contribution is 5.59. The molecule has 9 nitrogen and oxygen atoms in total. The van der Waals surface area contributed by atoms with Crippen LogP contribution in [0, 0.1) is 20.2 Å². The summed E-state index contributed by atoms with van der Waals surface area (Å²) in [6.07, 6.45) is -1.60. The van der Waals surface area contributed by atoms with Crippen LogP contribution >= 0.6 is 0 Å². The molecule has 0 unspecified atom stereocenters. The molecule has 1 aromatic rings. The van der Waals surface area contributed by atoms with E-state index in [9.17, 15) is 25.0 Å². The number of ether oxygens (including phenoxy) is 1. The molecule has 0 fully saturated rings. The van der Waals surface area contributed by atoms with E-state index in [4.69, 9.17) is 5.11 Å². The summed E-state index contributed by atoms with van der Waals surface area (Å²) in [5.41, 5.74) is -2.59. The molecular weight excluding hydrogens is 260 g/mol. The van der Waals surface area contributed by atoms with Crippen LogP contribution in [-0.2, 0) is 10.3 Å². The molecule has 19 heavy (non-hydrogen) atoms. The number of hydrogen-bond acceptors (Lipinski definition) is 6. The molecule has 1 aromatic carbocycles. The predicted molar refractivity (Wildman–Crippen MR) is 61.9 cm³/mol. The molecule has 9 heteroatoms. The second-order valence-electron chi connectivity index (χ2n) is 4.09. The third kappa shape index (κ3) is 3.15. The van der Waals surface area contributed by atoms with E-state index < -0.39 is 33.0 Å². The van der Waals surface area contributed by atoms with Crippen molar-refractivity contribution in [3.63, 3.8) is 0 Å². The Morgan fingerprint density at radius 3 is 2.26 bits per heavy atom. The molecule has 0 spiro atoms. The Morgan fingerprint density at radius 2 is 1.84 bits per heavy atom. The maximum Gasteiger partial charge on any atom is 0.506 e. The Morgan fingerprint density at radius 1 is 1.26 bits per heavy atom. The Hall–Kier alpha value is -2.71. The molecule has 0 atom stereocenters. The first-order valence-corrected chi connectivity index (χ1v) is 5.00. The highest BCUT2D eigenvalue weighted by Gasteiger charge is 2.34. The third-order valence-electron chi connectivity index (χ3n) is 2.38. The minimum absolute atomic E-state index is 0.0644. The van der Waals surface area contributed by atoms with Crippen LogP contribution < -0.4 is 0 Å². The van der Waals surface area contributed by atoms with Gasteiger partial charge in [-0.05, 0) is 19.9 Å². The van der Waals surface area contributed by atoms with Gasteiger partial charge in [-0.25, -0.2) is 4.79 Å². The summed E-state index contributed by atoms with van der Waals surface area (Å²) in [4.78, 5) is 30.4. The zero-order valence-corrected chi connectivity index (χ0v) is 10.0. The molecule has 0 bridgehead atoms. The smallest absolute Gasteiger partial charge is 0.450 e. The number of benzene rings is 1. The van der Waals surface area contributed by atoms with Gasteiger partial charge >= 0.3 is 6.16 Å². The highest BCUT2D eigenvalue weighted by Crippen LogP contribution is 2.35. The lowest BCUT2D eigenvalue weighted by molar-refractivity contribution is -0.395. The van der Waals surface area contributed by atoms with Gasteiger partial charge in [-0.2, -0.15) is 0 Å². The Bertz CT molecular complexity index is 553. The molecule has 0 saturated carbocycles. The van der Waals surface area contributed by atoms with Gasteiger partial charge in [0, 0.05) is 6.07 Å². The highest BCUT2D eigenvalue weighted by atomic mass is 16.7. The van der Waals surface area contributed by atoms with Crippen molar-refractivity contribution >= 4 is 17.5 Å². The first-order chi connectivity index (χ1) is 8.65. The van der Waals surface area contributed by atoms with Crippen molar-refractivity contribution in [3.8, 4) is 0 Å². The fourth-order valence-electron chi connectivity index (χ4n) is 1.57. The van der Waals surface area contributed by atoms with E-state index in [1.54, 1.807) is 0 Å². The van der Waals surface area contributed by atoms with E-state index in [0.29, 0.717) is 0 Å². The van der Waals surface area contributed by atoms with E-state index in [1.807, 2.05) is 0 Å². The minimum Gasteiger partial charge on any atom is -0.450 e. The fourth-order valence-corrected chi connectivity index (χ4v) is 1.57. The van der Waals surface area contributed by atoms with Gasteiger partial charge in [0.1, 0.15) is 5.60 Å². The largest absolute Gasteiger partial charge is 0.506 e. The van der Waals surface area contributed by atoms with E-state index >= 15 is 0 Å². The summed E-state index contributed by atoms with van der Waals surface area (Å²) in [6.45, 7) is 2.63. The minimum atomic E-state index is -1.60. The summed E-state index contributed by atoms with van der Waals surface area (Å²) < 4.78 is 4.56. The van der Waals surface area contributed by atoms with Crippen LogP contribution in [0.25, 0.3) is 0 Å². The van der Waals surface area contributed by atoms with Crippen molar-refractivity contribution in [2.24, 2.45) is 0 Å². The summed E-state index contributed by atoms with van der Waals surface area (Å²) in [5, 5.41) is 30.1. The fraction of sp³-hybridized carbons (Fsp3) is 0.300. The summed E-state index contributed by atoms with van der Waals surface area (Å²) in [7, 11) is 0. The standard InChI is InChI=1S/C10H10N2O7/c1-10(2,19-9(13)14)7-4-3-6(11(15)16)5-8(7)12(17)18/h3-5H,1-2H3,(H,13,14). The third-order valence-corrected chi connectivity index (χ3v) is 2.38. The second-order valence-corrected chi connectivity index (χ2v) is 4.09. The van der Waals surface area contributed by atoms with Crippen molar-refractivity contribution in [2.45, 2.75) is 19.4 Å². The zero-order chi connectivity index (χ0) is 14.8. The average molecular weight is 270 g/mol. The number of nitro benzene ring substituents is 2. The number of nitrogens with zero attached hydrogens (tertiary/aromatic N) is 2. The summed E-state index contributed by atoms with van der Waals surface area (Å²) in [6, 6.07) is 2.93. The van der Waals surface area contributed by atoms with Crippen LogP contribution in [-0.4, -0.2) is 21.1 Å².